The highest BCUT2D eigenvalue weighted by atomic mass is 16.3. The van der Waals surface area contributed by atoms with Crippen LogP contribution < -0.4 is 5.32 Å². The number of carbonyl (C=O) groups is 2. The van der Waals surface area contributed by atoms with Gasteiger partial charge in [0.15, 0.2) is 0 Å². The van der Waals surface area contributed by atoms with Crippen LogP contribution in [0.25, 0.3) is 0 Å². The topological polar surface area (TPSA) is 69.6 Å². The van der Waals surface area contributed by atoms with Gasteiger partial charge in [0.2, 0.25) is 11.8 Å². The number of rotatable bonds is 4. The Morgan fingerprint density at radius 2 is 2.00 bits per heavy atom. The number of benzene rings is 1. The summed E-state index contributed by atoms with van der Waals surface area (Å²) in [7, 11) is 0. The predicted octanol–water partition coefficient (Wildman–Crippen LogP) is 2.05. The molecule has 0 aliphatic carbocycles. The third kappa shape index (κ3) is 4.35. The van der Waals surface area contributed by atoms with Gasteiger partial charge in [-0.05, 0) is 23.0 Å². The number of hydrogen-bond donors (Lipinski definition) is 2. The van der Waals surface area contributed by atoms with Gasteiger partial charge in [-0.2, -0.15) is 0 Å². The first kappa shape index (κ1) is 18.5. The Morgan fingerprint density at radius 3 is 2.62 bits per heavy atom. The second-order valence-electron chi connectivity index (χ2n) is 7.57. The van der Waals surface area contributed by atoms with E-state index in [4.69, 9.17) is 0 Å². The van der Waals surface area contributed by atoms with E-state index in [1.165, 1.54) is 5.56 Å². The van der Waals surface area contributed by atoms with Crippen molar-refractivity contribution < 1.29 is 14.7 Å². The van der Waals surface area contributed by atoms with Crippen LogP contribution in [0.15, 0.2) is 24.3 Å². The summed E-state index contributed by atoms with van der Waals surface area (Å²) >= 11 is 0. The Morgan fingerprint density at radius 1 is 1.33 bits per heavy atom. The molecule has 2 unspecified atom stereocenters. The summed E-state index contributed by atoms with van der Waals surface area (Å²) < 4.78 is 0. The van der Waals surface area contributed by atoms with Gasteiger partial charge in [0.1, 0.15) is 0 Å². The van der Waals surface area contributed by atoms with E-state index < -0.39 is 6.10 Å². The molecule has 2 N–H and O–H groups in total. The summed E-state index contributed by atoms with van der Waals surface area (Å²) in [5.41, 5.74) is 1.96. The molecular weight excluding hydrogens is 304 g/mol. The van der Waals surface area contributed by atoms with Crippen molar-refractivity contribution in [2.24, 2.45) is 5.41 Å². The van der Waals surface area contributed by atoms with Crippen molar-refractivity contribution >= 4 is 11.8 Å². The van der Waals surface area contributed by atoms with Crippen LogP contribution in [0.1, 0.15) is 51.3 Å². The number of fused-ring (bicyclic) bond motifs is 1. The van der Waals surface area contributed by atoms with Gasteiger partial charge < -0.3 is 15.3 Å². The number of aliphatic hydroxyl groups excluding tert-OH is 1. The Balaban J connectivity index is 2.08. The van der Waals surface area contributed by atoms with Crippen molar-refractivity contribution in [3.05, 3.63) is 35.4 Å². The Labute approximate surface area is 144 Å². The third-order valence-corrected chi connectivity index (χ3v) is 4.69. The van der Waals surface area contributed by atoms with Crippen LogP contribution in [-0.4, -0.2) is 41.0 Å². The minimum Gasteiger partial charge on any atom is -0.391 e. The van der Waals surface area contributed by atoms with Crippen molar-refractivity contribution in [3.63, 3.8) is 0 Å². The van der Waals surface area contributed by atoms with Crippen molar-refractivity contribution in [1.29, 1.82) is 0 Å². The number of amides is 2. The first-order chi connectivity index (χ1) is 11.2. The molecule has 0 radical (unpaired) electrons. The normalized spacial score (nSPS) is 18.7. The summed E-state index contributed by atoms with van der Waals surface area (Å²) in [6.45, 7) is 8.18. The number of carbonyl (C=O) groups excluding carboxylic acids is 2. The zero-order chi connectivity index (χ0) is 17.9. The number of aliphatic hydroxyl groups is 1. The molecule has 5 heteroatoms. The lowest BCUT2D eigenvalue weighted by Gasteiger charge is -2.36. The van der Waals surface area contributed by atoms with E-state index in [0.29, 0.717) is 6.54 Å². The lowest BCUT2D eigenvalue weighted by Crippen LogP contribution is -2.43. The van der Waals surface area contributed by atoms with E-state index in [1.807, 2.05) is 39.0 Å². The summed E-state index contributed by atoms with van der Waals surface area (Å²) in [4.78, 5) is 26.1. The maximum absolute atomic E-state index is 12.4. The van der Waals surface area contributed by atoms with Crippen LogP contribution >= 0.6 is 0 Å². The van der Waals surface area contributed by atoms with E-state index >= 15 is 0 Å². The molecule has 0 bridgehead atoms. The molecule has 1 aromatic carbocycles. The van der Waals surface area contributed by atoms with Gasteiger partial charge in [0.05, 0.1) is 18.6 Å². The van der Waals surface area contributed by atoms with Gasteiger partial charge in [0.25, 0.3) is 0 Å². The molecule has 1 aliphatic rings. The molecular formula is C19H28N2O3. The summed E-state index contributed by atoms with van der Waals surface area (Å²) in [5.74, 6) is -0.164. The molecule has 0 spiro atoms. The Kier molecular flexibility index (Phi) is 5.65. The molecule has 0 fully saturated rings. The lowest BCUT2D eigenvalue weighted by atomic mass is 9.89. The fraction of sp³-hybridized carbons (Fsp3) is 0.579. The first-order valence-electron chi connectivity index (χ1n) is 8.50. The molecule has 2 atom stereocenters. The SMILES string of the molecule is CC(=O)N1CCc2ccccc2C1CC(=O)NCC(O)C(C)(C)C. The van der Waals surface area contributed by atoms with E-state index in [9.17, 15) is 14.7 Å². The average molecular weight is 332 g/mol. The van der Waals surface area contributed by atoms with Crippen molar-refractivity contribution in [1.82, 2.24) is 10.2 Å². The molecule has 1 heterocycles. The highest BCUT2D eigenvalue weighted by molar-refractivity contribution is 5.79. The Hall–Kier alpha value is -1.88. The molecule has 132 valence electrons. The summed E-state index contributed by atoms with van der Waals surface area (Å²) in [5, 5.41) is 12.9. The van der Waals surface area contributed by atoms with Gasteiger partial charge in [-0.15, -0.1) is 0 Å². The van der Waals surface area contributed by atoms with E-state index in [0.717, 1.165) is 12.0 Å². The number of nitrogens with zero attached hydrogens (tertiary/aromatic N) is 1. The van der Waals surface area contributed by atoms with Gasteiger partial charge >= 0.3 is 0 Å². The first-order valence-corrected chi connectivity index (χ1v) is 8.50. The molecule has 0 saturated carbocycles. The Bertz CT molecular complexity index is 607. The van der Waals surface area contributed by atoms with Gasteiger partial charge in [0, 0.05) is 20.0 Å². The quantitative estimate of drug-likeness (QED) is 0.886. The van der Waals surface area contributed by atoms with Gasteiger partial charge in [-0.3, -0.25) is 9.59 Å². The average Bonchev–Trinajstić information content (AvgIpc) is 2.51. The largest absolute Gasteiger partial charge is 0.391 e. The van der Waals surface area contributed by atoms with Crippen LogP contribution in [0.4, 0.5) is 0 Å². The summed E-state index contributed by atoms with van der Waals surface area (Å²) in [6.07, 6.45) is 0.424. The van der Waals surface area contributed by atoms with E-state index in [1.54, 1.807) is 11.8 Å². The van der Waals surface area contributed by atoms with Crippen molar-refractivity contribution in [2.75, 3.05) is 13.1 Å². The summed E-state index contributed by atoms with van der Waals surface area (Å²) in [6, 6.07) is 7.74. The molecule has 24 heavy (non-hydrogen) atoms. The highest BCUT2D eigenvalue weighted by Crippen LogP contribution is 2.32. The van der Waals surface area contributed by atoms with Gasteiger partial charge in [-0.1, -0.05) is 45.0 Å². The van der Waals surface area contributed by atoms with Crippen LogP contribution in [0, 0.1) is 5.41 Å². The predicted molar refractivity (Wildman–Crippen MR) is 93.4 cm³/mol. The minimum atomic E-state index is -0.607. The molecule has 5 nitrogen and oxygen atoms in total. The number of hydrogen-bond acceptors (Lipinski definition) is 3. The fourth-order valence-corrected chi connectivity index (χ4v) is 3.01. The standard InChI is InChI=1S/C19H28N2O3/c1-13(22)21-10-9-14-7-5-6-8-15(14)16(21)11-18(24)20-12-17(23)19(2,3)4/h5-8,16-17,23H,9-12H2,1-4H3,(H,20,24). The monoisotopic (exact) mass is 332 g/mol. The van der Waals surface area contributed by atoms with Crippen LogP contribution in [0.5, 0.6) is 0 Å². The maximum Gasteiger partial charge on any atom is 0.222 e. The van der Waals surface area contributed by atoms with Crippen molar-refractivity contribution in [3.8, 4) is 0 Å². The molecule has 1 aromatic rings. The molecule has 1 aliphatic heterocycles. The second-order valence-corrected chi connectivity index (χ2v) is 7.57. The molecule has 0 saturated heterocycles. The fourth-order valence-electron chi connectivity index (χ4n) is 3.01. The van der Waals surface area contributed by atoms with Crippen LogP contribution in [0.2, 0.25) is 0 Å². The molecule has 2 rings (SSSR count). The molecule has 2 amide bonds. The highest BCUT2D eigenvalue weighted by Gasteiger charge is 2.31. The third-order valence-electron chi connectivity index (χ3n) is 4.69. The minimum absolute atomic E-state index is 0.0166. The second kappa shape index (κ2) is 7.34. The molecule has 0 aromatic heterocycles. The van der Waals surface area contributed by atoms with E-state index in [-0.39, 0.29) is 36.2 Å². The zero-order valence-corrected chi connectivity index (χ0v) is 15.0. The van der Waals surface area contributed by atoms with E-state index in [2.05, 4.69) is 11.4 Å². The van der Waals surface area contributed by atoms with Gasteiger partial charge in [-0.25, -0.2) is 0 Å². The van der Waals surface area contributed by atoms with Crippen LogP contribution in [0.3, 0.4) is 0 Å². The maximum atomic E-state index is 12.4. The van der Waals surface area contributed by atoms with Crippen molar-refractivity contribution in [2.45, 2.75) is 52.7 Å². The zero-order valence-electron chi connectivity index (χ0n) is 15.0. The smallest absolute Gasteiger partial charge is 0.222 e. The number of nitrogens with one attached hydrogen (secondary N) is 1. The lowest BCUT2D eigenvalue weighted by molar-refractivity contribution is -0.133. The van der Waals surface area contributed by atoms with Crippen LogP contribution in [-0.2, 0) is 16.0 Å².